The molecule has 4 aromatic rings. The van der Waals surface area contributed by atoms with Crippen molar-refractivity contribution in [3.8, 4) is 34.1 Å². The molecular formula is C38H42Cl2N6O4. The Hall–Kier alpha value is -3.93. The molecule has 1 amide bonds. The van der Waals surface area contributed by atoms with Gasteiger partial charge in [-0.15, -0.1) is 0 Å². The Kier molecular flexibility index (Phi) is 9.91. The molecule has 0 unspecified atom stereocenters. The van der Waals surface area contributed by atoms with Gasteiger partial charge in [-0.05, 0) is 55.0 Å². The Bertz CT molecular complexity index is 1910. The largest absolute Gasteiger partial charge is 0.481 e. The number of hydrogen-bond donors (Lipinski definition) is 4. The Morgan fingerprint density at radius 1 is 0.960 bits per heavy atom. The molecule has 0 saturated carbocycles. The molecular weight excluding hydrogens is 675 g/mol. The summed E-state index contributed by atoms with van der Waals surface area (Å²) in [6.07, 6.45) is 3.16. The zero-order valence-electron chi connectivity index (χ0n) is 28.5. The highest BCUT2D eigenvalue weighted by Gasteiger charge is 2.37. The Morgan fingerprint density at radius 2 is 1.70 bits per heavy atom. The van der Waals surface area contributed by atoms with E-state index in [1.54, 1.807) is 14.2 Å². The van der Waals surface area contributed by atoms with Gasteiger partial charge in [-0.1, -0.05) is 65.7 Å². The van der Waals surface area contributed by atoms with Gasteiger partial charge in [-0.2, -0.15) is 4.98 Å². The minimum Gasteiger partial charge on any atom is -0.481 e. The maximum absolute atomic E-state index is 11.5. The molecule has 0 bridgehead atoms. The molecule has 50 heavy (non-hydrogen) atoms. The van der Waals surface area contributed by atoms with Gasteiger partial charge >= 0.3 is 0 Å². The van der Waals surface area contributed by atoms with Crippen molar-refractivity contribution in [3.63, 3.8) is 0 Å². The normalized spacial score (nSPS) is 19.5. The van der Waals surface area contributed by atoms with E-state index < -0.39 is 5.60 Å². The Balaban J connectivity index is 1.09. The number of β-amino-alcohol motifs (C(OH)–C–C–N with tert-alkyl or cyclic N) is 1. The van der Waals surface area contributed by atoms with Gasteiger partial charge in [0.15, 0.2) is 0 Å². The fourth-order valence-corrected chi connectivity index (χ4v) is 8.03. The van der Waals surface area contributed by atoms with Gasteiger partial charge in [-0.25, -0.2) is 4.98 Å². The SMILES string of the molecule is COc1nc(-c2cccc(-c3cccc4c3CC[C@@H]4Nc3nc(OC)c(CN4CC(C)(O)C4)cc3Cl)c2Cl)ccc1CNC[C@@H]1CCC(=O)N1. The summed E-state index contributed by atoms with van der Waals surface area (Å²) in [6, 6.07) is 18.4. The smallest absolute Gasteiger partial charge is 0.220 e. The first kappa shape index (κ1) is 34.5. The quantitative estimate of drug-likeness (QED) is 0.136. The number of anilines is 1. The van der Waals surface area contributed by atoms with Crippen molar-refractivity contribution in [1.29, 1.82) is 0 Å². The summed E-state index contributed by atoms with van der Waals surface area (Å²) < 4.78 is 11.3. The molecule has 2 aromatic heterocycles. The molecule has 2 atom stereocenters. The van der Waals surface area contributed by atoms with Crippen LogP contribution in [0.25, 0.3) is 22.4 Å². The standard InChI is InChI=1S/C38H42Cl2N6O4/c1-38(48)20-46(21-38)19-23-16-30(39)35(45-37(23)50-3)43-31-14-12-26-25(6-4-7-27(26)31)28-8-5-9-29(34(28)40)32-13-10-22(36(44-32)49-2)17-41-18-24-11-15-33(47)42-24/h4-10,13,16,24,31,41,48H,11-12,14-15,17-21H2,1-3H3,(H,42,47)(H,43,45)/t24-,31-/m0/s1. The monoisotopic (exact) mass is 716 g/mol. The Morgan fingerprint density at radius 3 is 2.44 bits per heavy atom. The van der Waals surface area contributed by atoms with Gasteiger partial charge in [0, 0.05) is 67.4 Å². The van der Waals surface area contributed by atoms with Crippen molar-refractivity contribution in [2.75, 3.05) is 39.2 Å². The number of halogens is 2. The van der Waals surface area contributed by atoms with Crippen molar-refractivity contribution < 1.29 is 19.4 Å². The molecule has 7 rings (SSSR count). The van der Waals surface area contributed by atoms with Crippen LogP contribution in [0.3, 0.4) is 0 Å². The second-order valence-corrected chi connectivity index (χ2v) is 14.5. The zero-order valence-corrected chi connectivity index (χ0v) is 30.0. The minimum absolute atomic E-state index is 0.00923. The summed E-state index contributed by atoms with van der Waals surface area (Å²) >= 11 is 14.0. The highest BCUT2D eigenvalue weighted by atomic mass is 35.5. The summed E-state index contributed by atoms with van der Waals surface area (Å²) in [5.41, 5.74) is 7.16. The number of rotatable bonds is 12. The van der Waals surface area contributed by atoms with Crippen LogP contribution in [0.4, 0.5) is 5.82 Å². The molecule has 12 heteroatoms. The number of aromatic nitrogens is 2. The number of fused-ring (bicyclic) bond motifs is 1. The fourth-order valence-electron chi connectivity index (χ4n) is 7.47. The van der Waals surface area contributed by atoms with Crippen LogP contribution in [0.5, 0.6) is 11.8 Å². The van der Waals surface area contributed by atoms with E-state index in [-0.39, 0.29) is 18.0 Å². The summed E-state index contributed by atoms with van der Waals surface area (Å²) in [5.74, 6) is 1.74. The van der Waals surface area contributed by atoms with Crippen LogP contribution >= 0.6 is 23.2 Å². The third-order valence-corrected chi connectivity index (χ3v) is 10.5. The maximum Gasteiger partial charge on any atom is 0.220 e. The molecule has 0 spiro atoms. The van der Waals surface area contributed by atoms with E-state index in [2.05, 4.69) is 45.1 Å². The molecule has 10 nitrogen and oxygen atoms in total. The third kappa shape index (κ3) is 7.13. The number of aliphatic hydroxyl groups is 1. The van der Waals surface area contributed by atoms with Crippen LogP contribution in [0.15, 0.2) is 54.6 Å². The first-order valence-corrected chi connectivity index (χ1v) is 17.8. The third-order valence-electron chi connectivity index (χ3n) is 9.80. The number of carbonyl (C=O) groups is 1. The number of ether oxygens (including phenoxy) is 2. The number of benzene rings is 2. The van der Waals surface area contributed by atoms with Crippen LogP contribution in [-0.4, -0.2) is 71.4 Å². The molecule has 2 aromatic carbocycles. The molecule has 2 fully saturated rings. The van der Waals surface area contributed by atoms with Crippen molar-refractivity contribution >= 4 is 34.9 Å². The van der Waals surface area contributed by atoms with E-state index in [4.69, 9.17) is 42.6 Å². The van der Waals surface area contributed by atoms with E-state index >= 15 is 0 Å². The van der Waals surface area contributed by atoms with Crippen LogP contribution in [-0.2, 0) is 24.3 Å². The van der Waals surface area contributed by atoms with E-state index in [0.717, 1.165) is 52.8 Å². The predicted molar refractivity (Wildman–Crippen MR) is 196 cm³/mol. The highest BCUT2D eigenvalue weighted by molar-refractivity contribution is 6.36. The summed E-state index contributed by atoms with van der Waals surface area (Å²) in [4.78, 5) is 23.3. The average Bonchev–Trinajstić information content (AvgIpc) is 3.70. The Labute approximate surface area is 302 Å². The molecule has 2 aliphatic heterocycles. The molecule has 1 aliphatic carbocycles. The second kappa shape index (κ2) is 14.4. The molecule has 3 aliphatic rings. The van der Waals surface area contributed by atoms with Crippen LogP contribution in [0.2, 0.25) is 10.0 Å². The van der Waals surface area contributed by atoms with Gasteiger partial charge in [0.25, 0.3) is 0 Å². The molecule has 262 valence electrons. The van der Waals surface area contributed by atoms with Gasteiger partial charge in [0.1, 0.15) is 5.82 Å². The average molecular weight is 718 g/mol. The molecule has 4 heterocycles. The number of methoxy groups -OCH3 is 2. The summed E-state index contributed by atoms with van der Waals surface area (Å²) in [7, 11) is 3.23. The van der Waals surface area contributed by atoms with Gasteiger partial charge in [-0.3, -0.25) is 9.69 Å². The van der Waals surface area contributed by atoms with Crippen LogP contribution in [0.1, 0.15) is 54.5 Å². The number of hydrogen-bond acceptors (Lipinski definition) is 9. The lowest BCUT2D eigenvalue weighted by molar-refractivity contribution is -0.119. The lowest BCUT2D eigenvalue weighted by atomic mass is 9.94. The van der Waals surface area contributed by atoms with Crippen LogP contribution < -0.4 is 25.4 Å². The lowest BCUT2D eigenvalue weighted by Gasteiger charge is -2.44. The number of pyridine rings is 2. The molecule has 0 radical (unpaired) electrons. The predicted octanol–water partition coefficient (Wildman–Crippen LogP) is 6.17. The van der Waals surface area contributed by atoms with Crippen molar-refractivity contribution in [3.05, 3.63) is 86.9 Å². The minimum atomic E-state index is -0.655. The molecule has 4 N–H and O–H groups in total. The van der Waals surface area contributed by atoms with Crippen LogP contribution in [0, 0.1) is 0 Å². The van der Waals surface area contributed by atoms with Crippen molar-refractivity contribution in [1.82, 2.24) is 25.5 Å². The van der Waals surface area contributed by atoms with E-state index in [1.165, 1.54) is 11.1 Å². The first-order valence-electron chi connectivity index (χ1n) is 17.0. The number of nitrogens with one attached hydrogen (secondary N) is 3. The van der Waals surface area contributed by atoms with Gasteiger partial charge in [0.2, 0.25) is 17.7 Å². The van der Waals surface area contributed by atoms with Crippen molar-refractivity contribution in [2.45, 2.75) is 63.4 Å². The summed E-state index contributed by atoms with van der Waals surface area (Å²) in [6.45, 7) is 4.90. The lowest BCUT2D eigenvalue weighted by Crippen LogP contribution is -2.59. The first-order chi connectivity index (χ1) is 24.1. The zero-order chi connectivity index (χ0) is 35.0. The summed E-state index contributed by atoms with van der Waals surface area (Å²) in [5, 5.41) is 21.3. The maximum atomic E-state index is 11.5. The van der Waals surface area contributed by atoms with E-state index in [0.29, 0.717) is 66.8 Å². The highest BCUT2D eigenvalue weighted by Crippen LogP contribution is 2.44. The molecule has 2 saturated heterocycles. The fraction of sp³-hybridized carbons (Fsp3) is 0.395. The number of likely N-dealkylation sites (tertiary alicyclic amines) is 1. The van der Waals surface area contributed by atoms with E-state index in [9.17, 15) is 9.90 Å². The van der Waals surface area contributed by atoms with E-state index in [1.807, 2.05) is 37.3 Å². The van der Waals surface area contributed by atoms with Crippen molar-refractivity contribution in [2.24, 2.45) is 0 Å². The van der Waals surface area contributed by atoms with Gasteiger partial charge < -0.3 is 30.5 Å². The number of carbonyl (C=O) groups excluding carboxylic acids is 1. The second-order valence-electron chi connectivity index (χ2n) is 13.7. The van der Waals surface area contributed by atoms with Gasteiger partial charge in [0.05, 0.1) is 41.6 Å². The number of nitrogens with zero attached hydrogens (tertiary/aromatic N) is 3. The topological polar surface area (TPSA) is 121 Å². The number of amides is 1.